The molecule has 0 aliphatic heterocycles. The van der Waals surface area contributed by atoms with E-state index in [1.807, 2.05) is 0 Å². The molecule has 154 valence electrons. The van der Waals surface area contributed by atoms with E-state index in [0.29, 0.717) is 16.9 Å². The number of carbonyl (C=O) groups is 1. The maximum atomic E-state index is 12.9. The van der Waals surface area contributed by atoms with Crippen molar-refractivity contribution < 1.29 is 13.2 Å². The van der Waals surface area contributed by atoms with Crippen LogP contribution in [0.3, 0.4) is 0 Å². The predicted molar refractivity (Wildman–Crippen MR) is 114 cm³/mol. The second-order valence-electron chi connectivity index (χ2n) is 6.83. The van der Waals surface area contributed by atoms with Gasteiger partial charge in [0.15, 0.2) is 0 Å². The van der Waals surface area contributed by atoms with Gasteiger partial charge in [0.2, 0.25) is 10.0 Å². The van der Waals surface area contributed by atoms with Gasteiger partial charge in [0, 0.05) is 33.8 Å². The quantitative estimate of drug-likeness (QED) is 0.591. The molecule has 29 heavy (non-hydrogen) atoms. The lowest BCUT2D eigenvalue weighted by Gasteiger charge is -2.17. The van der Waals surface area contributed by atoms with E-state index in [2.05, 4.69) is 4.98 Å². The van der Waals surface area contributed by atoms with Crippen molar-refractivity contribution in [1.82, 2.24) is 18.8 Å². The summed E-state index contributed by atoms with van der Waals surface area (Å²) >= 11 is 11.8. The van der Waals surface area contributed by atoms with Crippen LogP contribution in [0, 0.1) is 0 Å². The molecule has 2 aromatic carbocycles. The summed E-state index contributed by atoms with van der Waals surface area (Å²) in [5.41, 5.74) is 1.94. The summed E-state index contributed by atoms with van der Waals surface area (Å²) in [5.74, 6) is 0.416. The van der Waals surface area contributed by atoms with Crippen molar-refractivity contribution in [3.05, 3.63) is 57.8 Å². The molecule has 0 saturated heterocycles. The standard InChI is InChI=1S/C19H20Cl2N4O3S/c1-23(2)19(26)12-5-8-17-16(9-12)22-18(25(17)4)11-24(3)29(27,28)13-6-7-14(20)15(21)10-13/h5-10H,11H2,1-4H3. The van der Waals surface area contributed by atoms with Crippen LogP contribution in [0.5, 0.6) is 0 Å². The molecule has 1 amide bonds. The van der Waals surface area contributed by atoms with Crippen LogP contribution < -0.4 is 0 Å². The van der Waals surface area contributed by atoms with Crippen molar-refractivity contribution in [2.24, 2.45) is 7.05 Å². The molecule has 0 saturated carbocycles. The lowest BCUT2D eigenvalue weighted by atomic mass is 10.2. The Hall–Kier alpha value is -2.13. The van der Waals surface area contributed by atoms with E-state index in [4.69, 9.17) is 23.2 Å². The lowest BCUT2D eigenvalue weighted by molar-refractivity contribution is 0.0827. The number of amides is 1. The van der Waals surface area contributed by atoms with Gasteiger partial charge in [-0.2, -0.15) is 4.31 Å². The fourth-order valence-electron chi connectivity index (χ4n) is 2.88. The Bertz CT molecular complexity index is 1210. The van der Waals surface area contributed by atoms with Crippen LogP contribution >= 0.6 is 23.2 Å². The Morgan fingerprint density at radius 2 is 1.76 bits per heavy atom. The van der Waals surface area contributed by atoms with Crippen molar-refractivity contribution in [3.8, 4) is 0 Å². The van der Waals surface area contributed by atoms with Gasteiger partial charge in [-0.05, 0) is 36.4 Å². The Labute approximate surface area is 179 Å². The molecule has 0 bridgehead atoms. The Morgan fingerprint density at radius 1 is 1.07 bits per heavy atom. The molecule has 0 aliphatic rings. The van der Waals surface area contributed by atoms with Gasteiger partial charge in [0.1, 0.15) is 5.82 Å². The zero-order chi connectivity index (χ0) is 21.5. The SMILES string of the molecule is CN(C)C(=O)c1ccc2c(c1)nc(CN(C)S(=O)(=O)c1ccc(Cl)c(Cl)c1)n2C. The number of aryl methyl sites for hydroxylation is 1. The molecule has 0 aliphatic carbocycles. The number of fused-ring (bicyclic) bond motifs is 1. The largest absolute Gasteiger partial charge is 0.345 e. The van der Waals surface area contributed by atoms with Crippen LogP contribution in [0.25, 0.3) is 11.0 Å². The Morgan fingerprint density at radius 3 is 2.38 bits per heavy atom. The molecule has 7 nitrogen and oxygen atoms in total. The number of rotatable bonds is 5. The number of hydrogen-bond acceptors (Lipinski definition) is 4. The normalized spacial score (nSPS) is 12.0. The van der Waals surface area contributed by atoms with E-state index in [1.165, 1.54) is 34.5 Å². The molecule has 0 radical (unpaired) electrons. The van der Waals surface area contributed by atoms with Crippen LogP contribution in [0.2, 0.25) is 10.0 Å². The number of nitrogens with zero attached hydrogens (tertiary/aromatic N) is 4. The number of imidazole rings is 1. The van der Waals surface area contributed by atoms with Crippen LogP contribution in [-0.2, 0) is 23.6 Å². The second kappa shape index (κ2) is 7.95. The highest BCUT2D eigenvalue weighted by Crippen LogP contribution is 2.27. The summed E-state index contributed by atoms with van der Waals surface area (Å²) in [6.07, 6.45) is 0. The van der Waals surface area contributed by atoms with Gasteiger partial charge in [0.25, 0.3) is 5.91 Å². The monoisotopic (exact) mass is 454 g/mol. The van der Waals surface area contributed by atoms with Gasteiger partial charge in [-0.25, -0.2) is 13.4 Å². The number of carbonyl (C=O) groups excluding carboxylic acids is 1. The molecule has 1 aromatic heterocycles. The van der Waals surface area contributed by atoms with E-state index in [0.717, 1.165) is 5.52 Å². The van der Waals surface area contributed by atoms with Gasteiger partial charge >= 0.3 is 0 Å². The molecule has 0 fully saturated rings. The van der Waals surface area contributed by atoms with Crippen LogP contribution in [-0.4, -0.2) is 54.2 Å². The first kappa shape index (κ1) is 21.6. The van der Waals surface area contributed by atoms with E-state index >= 15 is 0 Å². The third kappa shape index (κ3) is 4.11. The third-order valence-electron chi connectivity index (χ3n) is 4.59. The van der Waals surface area contributed by atoms with Crippen molar-refractivity contribution in [1.29, 1.82) is 0 Å². The highest BCUT2D eigenvalue weighted by Gasteiger charge is 2.24. The molecule has 0 unspecified atom stereocenters. The van der Waals surface area contributed by atoms with Gasteiger partial charge in [-0.1, -0.05) is 23.2 Å². The zero-order valence-electron chi connectivity index (χ0n) is 16.3. The summed E-state index contributed by atoms with van der Waals surface area (Å²) in [7, 11) is 2.85. The van der Waals surface area contributed by atoms with Crippen molar-refractivity contribution in [3.63, 3.8) is 0 Å². The summed E-state index contributed by atoms with van der Waals surface area (Å²) in [5, 5.41) is 0.452. The van der Waals surface area contributed by atoms with Crippen molar-refractivity contribution >= 4 is 50.2 Å². The van der Waals surface area contributed by atoms with Crippen molar-refractivity contribution in [2.45, 2.75) is 11.4 Å². The zero-order valence-corrected chi connectivity index (χ0v) is 18.7. The van der Waals surface area contributed by atoms with Crippen LogP contribution in [0.1, 0.15) is 16.2 Å². The molecule has 3 aromatic rings. The summed E-state index contributed by atoms with van der Waals surface area (Å²) in [6, 6.07) is 9.41. The van der Waals surface area contributed by atoms with Crippen LogP contribution in [0.4, 0.5) is 0 Å². The first-order valence-electron chi connectivity index (χ1n) is 8.60. The van der Waals surface area contributed by atoms with Gasteiger partial charge in [-0.3, -0.25) is 4.79 Å². The predicted octanol–water partition coefficient (Wildman–Crippen LogP) is 3.40. The Balaban J connectivity index is 1.93. The lowest BCUT2D eigenvalue weighted by Crippen LogP contribution is -2.27. The smallest absolute Gasteiger partial charge is 0.253 e. The topological polar surface area (TPSA) is 75.5 Å². The minimum atomic E-state index is -3.79. The van der Waals surface area contributed by atoms with E-state index in [9.17, 15) is 13.2 Å². The molecule has 3 rings (SSSR count). The number of sulfonamides is 1. The minimum Gasteiger partial charge on any atom is -0.345 e. The first-order valence-corrected chi connectivity index (χ1v) is 10.8. The van der Waals surface area contributed by atoms with E-state index < -0.39 is 10.0 Å². The number of aromatic nitrogens is 2. The fourth-order valence-corrected chi connectivity index (χ4v) is 4.40. The number of benzene rings is 2. The number of hydrogen-bond donors (Lipinski definition) is 0. The highest BCUT2D eigenvalue weighted by molar-refractivity contribution is 7.89. The average Bonchev–Trinajstić information content (AvgIpc) is 2.98. The fraction of sp³-hybridized carbons (Fsp3) is 0.263. The van der Waals surface area contributed by atoms with Gasteiger partial charge < -0.3 is 9.47 Å². The molecule has 0 spiro atoms. The van der Waals surface area contributed by atoms with Gasteiger partial charge in [0.05, 0.1) is 32.5 Å². The molecule has 0 atom stereocenters. The molecule has 10 heteroatoms. The molecule has 0 N–H and O–H groups in total. The van der Waals surface area contributed by atoms with E-state index in [-0.39, 0.29) is 27.4 Å². The maximum absolute atomic E-state index is 12.9. The number of halogens is 2. The molecular formula is C19H20Cl2N4O3S. The van der Waals surface area contributed by atoms with E-state index in [1.54, 1.807) is 43.9 Å². The summed E-state index contributed by atoms with van der Waals surface area (Å²) < 4.78 is 28.8. The third-order valence-corrected chi connectivity index (χ3v) is 7.13. The van der Waals surface area contributed by atoms with Gasteiger partial charge in [-0.15, -0.1) is 0 Å². The first-order chi connectivity index (χ1) is 13.5. The average molecular weight is 455 g/mol. The highest BCUT2D eigenvalue weighted by atomic mass is 35.5. The Kier molecular flexibility index (Phi) is 5.91. The van der Waals surface area contributed by atoms with Crippen LogP contribution in [0.15, 0.2) is 41.3 Å². The van der Waals surface area contributed by atoms with Crippen molar-refractivity contribution in [2.75, 3.05) is 21.1 Å². The second-order valence-corrected chi connectivity index (χ2v) is 9.69. The molecular weight excluding hydrogens is 435 g/mol. The summed E-state index contributed by atoms with van der Waals surface area (Å²) in [4.78, 5) is 18.3. The minimum absolute atomic E-state index is 0.0463. The maximum Gasteiger partial charge on any atom is 0.253 e. The molecule has 1 heterocycles. The summed E-state index contributed by atoms with van der Waals surface area (Å²) in [6.45, 7) is 0.0463.